The second-order valence-electron chi connectivity index (χ2n) is 7.94. The minimum absolute atomic E-state index is 0.0298. The van der Waals surface area contributed by atoms with E-state index in [1.807, 2.05) is 12.1 Å². The van der Waals surface area contributed by atoms with Crippen LogP contribution < -0.4 is 10.6 Å². The van der Waals surface area contributed by atoms with Crippen LogP contribution in [0.1, 0.15) is 48.4 Å². The van der Waals surface area contributed by atoms with Crippen LogP contribution in [0.25, 0.3) is 0 Å². The Balaban J connectivity index is 1.24. The predicted octanol–water partition coefficient (Wildman–Crippen LogP) is 4.68. The SMILES string of the molecule is O=C(NC1CCN(Cc2ccc(Cl)cc2)CC1)NC1CCCc2ccccc21. The van der Waals surface area contributed by atoms with Gasteiger partial charge in [0.1, 0.15) is 0 Å². The van der Waals surface area contributed by atoms with Crippen LogP contribution in [0.2, 0.25) is 5.02 Å². The Bertz CT molecular complexity index is 800. The highest BCUT2D eigenvalue weighted by Gasteiger charge is 2.24. The summed E-state index contributed by atoms with van der Waals surface area (Å²) in [6.45, 7) is 2.94. The molecule has 0 spiro atoms. The minimum atomic E-state index is -0.0298. The van der Waals surface area contributed by atoms with Crippen molar-refractivity contribution in [2.45, 2.75) is 50.7 Å². The normalized spacial score (nSPS) is 20.4. The smallest absolute Gasteiger partial charge is 0.315 e. The number of piperidine rings is 1. The average Bonchev–Trinajstić information content (AvgIpc) is 2.71. The number of carbonyl (C=O) groups is 1. The van der Waals surface area contributed by atoms with Crippen molar-refractivity contribution in [3.05, 3.63) is 70.2 Å². The molecule has 1 aliphatic heterocycles. The van der Waals surface area contributed by atoms with Gasteiger partial charge in [-0.25, -0.2) is 4.79 Å². The van der Waals surface area contributed by atoms with E-state index in [1.54, 1.807) is 0 Å². The molecule has 1 atom stereocenters. The zero-order valence-corrected chi connectivity index (χ0v) is 16.9. The second kappa shape index (κ2) is 8.97. The number of amides is 2. The van der Waals surface area contributed by atoms with Crippen LogP contribution in [-0.2, 0) is 13.0 Å². The lowest BCUT2D eigenvalue weighted by Gasteiger charge is -2.33. The van der Waals surface area contributed by atoms with E-state index >= 15 is 0 Å². The Hall–Kier alpha value is -2.04. The highest BCUT2D eigenvalue weighted by molar-refractivity contribution is 6.30. The van der Waals surface area contributed by atoms with Crippen LogP contribution in [-0.4, -0.2) is 30.1 Å². The van der Waals surface area contributed by atoms with Gasteiger partial charge >= 0.3 is 6.03 Å². The molecule has 2 amide bonds. The largest absolute Gasteiger partial charge is 0.335 e. The molecule has 2 aromatic rings. The van der Waals surface area contributed by atoms with Gasteiger partial charge < -0.3 is 10.6 Å². The summed E-state index contributed by atoms with van der Waals surface area (Å²) >= 11 is 5.96. The number of benzene rings is 2. The third-order valence-corrected chi connectivity index (χ3v) is 6.17. The molecule has 2 aliphatic rings. The number of aryl methyl sites for hydroxylation is 1. The number of carbonyl (C=O) groups excluding carboxylic acids is 1. The van der Waals surface area contributed by atoms with Gasteiger partial charge in [-0.2, -0.15) is 0 Å². The molecule has 2 N–H and O–H groups in total. The first-order chi connectivity index (χ1) is 13.7. The number of hydrogen-bond acceptors (Lipinski definition) is 2. The molecule has 2 aromatic carbocycles. The Labute approximate surface area is 172 Å². The summed E-state index contributed by atoms with van der Waals surface area (Å²) in [5.74, 6) is 0. The third-order valence-electron chi connectivity index (χ3n) is 5.92. The standard InChI is InChI=1S/C23H28ClN3O/c24-19-10-8-17(9-11-19)16-27-14-12-20(13-15-27)25-23(28)26-22-7-3-5-18-4-1-2-6-21(18)22/h1-2,4,6,8-11,20,22H,3,5,7,12-16H2,(H2,25,26,28). The fourth-order valence-corrected chi connectivity index (χ4v) is 4.50. The second-order valence-corrected chi connectivity index (χ2v) is 8.37. The quantitative estimate of drug-likeness (QED) is 0.786. The fraction of sp³-hybridized carbons (Fsp3) is 0.435. The Morgan fingerprint density at radius 3 is 2.54 bits per heavy atom. The lowest BCUT2D eigenvalue weighted by molar-refractivity contribution is 0.185. The number of nitrogens with one attached hydrogen (secondary N) is 2. The van der Waals surface area contributed by atoms with Gasteiger partial charge in [-0.3, -0.25) is 4.90 Å². The molecule has 1 unspecified atom stereocenters. The first kappa shape index (κ1) is 19.3. The molecule has 4 nitrogen and oxygen atoms in total. The number of rotatable bonds is 4. The molecule has 1 heterocycles. The van der Waals surface area contributed by atoms with E-state index in [-0.39, 0.29) is 18.1 Å². The summed E-state index contributed by atoms with van der Waals surface area (Å²) in [6, 6.07) is 16.9. The Kier molecular flexibility index (Phi) is 6.18. The molecule has 1 saturated heterocycles. The van der Waals surface area contributed by atoms with Crippen molar-refractivity contribution in [3.8, 4) is 0 Å². The maximum atomic E-state index is 12.5. The average molecular weight is 398 g/mol. The molecule has 5 heteroatoms. The number of hydrogen-bond donors (Lipinski definition) is 2. The topological polar surface area (TPSA) is 44.4 Å². The van der Waals surface area contributed by atoms with Crippen LogP contribution in [0.3, 0.4) is 0 Å². The lowest BCUT2D eigenvalue weighted by Crippen LogP contribution is -2.48. The number of fused-ring (bicyclic) bond motifs is 1. The first-order valence-corrected chi connectivity index (χ1v) is 10.7. The number of halogens is 1. The van der Waals surface area contributed by atoms with Crippen LogP contribution in [0.15, 0.2) is 48.5 Å². The third kappa shape index (κ3) is 4.86. The van der Waals surface area contributed by atoms with Crippen molar-refractivity contribution in [2.24, 2.45) is 0 Å². The lowest BCUT2D eigenvalue weighted by atomic mass is 9.88. The zero-order chi connectivity index (χ0) is 19.3. The molecule has 28 heavy (non-hydrogen) atoms. The van der Waals surface area contributed by atoms with Crippen molar-refractivity contribution < 1.29 is 4.79 Å². The zero-order valence-electron chi connectivity index (χ0n) is 16.2. The summed E-state index contributed by atoms with van der Waals surface area (Å²) in [5.41, 5.74) is 3.93. The molecule has 4 rings (SSSR count). The first-order valence-electron chi connectivity index (χ1n) is 10.3. The molecule has 0 bridgehead atoms. The van der Waals surface area contributed by atoms with Gasteiger partial charge in [0.05, 0.1) is 6.04 Å². The van der Waals surface area contributed by atoms with E-state index in [9.17, 15) is 4.79 Å². The van der Waals surface area contributed by atoms with Gasteiger partial charge in [-0.15, -0.1) is 0 Å². The Morgan fingerprint density at radius 2 is 1.75 bits per heavy atom. The van der Waals surface area contributed by atoms with Crippen LogP contribution in [0, 0.1) is 0 Å². The molecule has 1 aliphatic carbocycles. The van der Waals surface area contributed by atoms with Gasteiger partial charge in [-0.05, 0) is 60.9 Å². The highest BCUT2D eigenvalue weighted by Crippen LogP contribution is 2.29. The van der Waals surface area contributed by atoms with Crippen molar-refractivity contribution in [2.75, 3.05) is 13.1 Å². The molecular formula is C23H28ClN3O. The molecule has 0 aromatic heterocycles. The molecule has 1 fully saturated rings. The van der Waals surface area contributed by atoms with E-state index in [4.69, 9.17) is 11.6 Å². The highest BCUT2D eigenvalue weighted by atomic mass is 35.5. The van der Waals surface area contributed by atoms with E-state index in [1.165, 1.54) is 16.7 Å². The van der Waals surface area contributed by atoms with E-state index in [0.29, 0.717) is 0 Å². The summed E-state index contributed by atoms with van der Waals surface area (Å²) in [5, 5.41) is 7.17. The summed E-state index contributed by atoms with van der Waals surface area (Å²) < 4.78 is 0. The van der Waals surface area contributed by atoms with Gasteiger partial charge in [0.2, 0.25) is 0 Å². The molecule has 0 radical (unpaired) electrons. The van der Waals surface area contributed by atoms with E-state index in [0.717, 1.165) is 56.8 Å². The van der Waals surface area contributed by atoms with Crippen LogP contribution >= 0.6 is 11.6 Å². The van der Waals surface area contributed by atoms with E-state index in [2.05, 4.69) is 51.9 Å². The van der Waals surface area contributed by atoms with Gasteiger partial charge in [-0.1, -0.05) is 48.0 Å². The predicted molar refractivity (Wildman–Crippen MR) is 114 cm³/mol. The van der Waals surface area contributed by atoms with Crippen molar-refractivity contribution in [1.29, 1.82) is 0 Å². The maximum absolute atomic E-state index is 12.5. The maximum Gasteiger partial charge on any atom is 0.315 e. The molecule has 0 saturated carbocycles. The Morgan fingerprint density at radius 1 is 1.00 bits per heavy atom. The molecule has 148 valence electrons. The number of urea groups is 1. The minimum Gasteiger partial charge on any atom is -0.335 e. The number of likely N-dealkylation sites (tertiary alicyclic amines) is 1. The fourth-order valence-electron chi connectivity index (χ4n) is 4.37. The number of nitrogens with zero attached hydrogens (tertiary/aromatic N) is 1. The van der Waals surface area contributed by atoms with E-state index < -0.39 is 0 Å². The van der Waals surface area contributed by atoms with Gasteiger partial charge in [0.15, 0.2) is 0 Å². The summed E-state index contributed by atoms with van der Waals surface area (Å²) in [7, 11) is 0. The van der Waals surface area contributed by atoms with Crippen LogP contribution in [0.5, 0.6) is 0 Å². The molecular weight excluding hydrogens is 370 g/mol. The van der Waals surface area contributed by atoms with Crippen LogP contribution in [0.4, 0.5) is 4.79 Å². The van der Waals surface area contributed by atoms with Gasteiger partial charge in [0.25, 0.3) is 0 Å². The monoisotopic (exact) mass is 397 g/mol. The van der Waals surface area contributed by atoms with Crippen molar-refractivity contribution >= 4 is 17.6 Å². The van der Waals surface area contributed by atoms with Gasteiger partial charge in [0, 0.05) is 30.7 Å². The van der Waals surface area contributed by atoms with Crippen molar-refractivity contribution in [1.82, 2.24) is 15.5 Å². The summed E-state index contributed by atoms with van der Waals surface area (Å²) in [4.78, 5) is 15.0. The summed E-state index contributed by atoms with van der Waals surface area (Å²) in [6.07, 6.45) is 5.24. The van der Waals surface area contributed by atoms with Crippen molar-refractivity contribution in [3.63, 3.8) is 0 Å².